The van der Waals surface area contributed by atoms with Crippen LogP contribution in [-0.4, -0.2) is 28.8 Å². The van der Waals surface area contributed by atoms with Crippen molar-refractivity contribution in [2.75, 3.05) is 18.9 Å². The molecule has 1 amide bonds. The summed E-state index contributed by atoms with van der Waals surface area (Å²) in [4.78, 5) is 12.3. The van der Waals surface area contributed by atoms with Gasteiger partial charge in [0, 0.05) is 11.6 Å². The lowest BCUT2D eigenvalue weighted by Gasteiger charge is -2.16. The van der Waals surface area contributed by atoms with E-state index < -0.39 is 0 Å². The van der Waals surface area contributed by atoms with Gasteiger partial charge in [-0.15, -0.1) is 0 Å². The molecule has 9 heteroatoms. The summed E-state index contributed by atoms with van der Waals surface area (Å²) in [6.45, 7) is 6.23. The highest BCUT2D eigenvalue weighted by Gasteiger charge is 2.17. The molecule has 0 saturated carbocycles. The van der Waals surface area contributed by atoms with Crippen molar-refractivity contribution in [2.24, 2.45) is 0 Å². The van der Waals surface area contributed by atoms with Crippen LogP contribution in [0.2, 0.25) is 5.02 Å². The van der Waals surface area contributed by atoms with E-state index in [4.69, 9.17) is 22.1 Å². The number of nitrogen functional groups attached to an aromatic ring is 1. The molecule has 34 heavy (non-hydrogen) atoms. The van der Waals surface area contributed by atoms with Gasteiger partial charge in [-0.1, -0.05) is 25.4 Å². The lowest BCUT2D eigenvalue weighted by molar-refractivity contribution is -0.123. The van der Waals surface area contributed by atoms with Gasteiger partial charge in [-0.05, 0) is 73.2 Å². The predicted molar refractivity (Wildman–Crippen MR) is 130 cm³/mol. The zero-order valence-corrected chi connectivity index (χ0v) is 20.1. The van der Waals surface area contributed by atoms with E-state index >= 15 is 0 Å². The summed E-state index contributed by atoms with van der Waals surface area (Å²) in [6.07, 6.45) is 0.994. The predicted octanol–water partition coefficient (Wildman–Crippen LogP) is 4.68. The Bertz CT molecular complexity index is 1220. The smallest absolute Gasteiger partial charge is 0.257 e. The van der Waals surface area contributed by atoms with Crippen LogP contribution in [0.1, 0.15) is 48.6 Å². The fourth-order valence-electron chi connectivity index (χ4n) is 3.48. The third-order valence-electron chi connectivity index (χ3n) is 5.36. The molecule has 3 aromatic rings. The Kier molecular flexibility index (Phi) is 8.13. The lowest BCUT2D eigenvalue weighted by Crippen LogP contribution is -2.30. The van der Waals surface area contributed by atoms with Gasteiger partial charge in [0.2, 0.25) is 0 Å². The number of nitriles is 1. The van der Waals surface area contributed by atoms with E-state index in [0.717, 1.165) is 11.1 Å². The summed E-state index contributed by atoms with van der Waals surface area (Å²) in [5.41, 5.74) is 9.26. The second-order valence-corrected chi connectivity index (χ2v) is 8.65. The van der Waals surface area contributed by atoms with E-state index in [2.05, 4.69) is 16.5 Å². The fraction of sp³-hybridized carbons (Fsp3) is 0.320. The molecule has 178 valence electrons. The Labute approximate surface area is 203 Å². The minimum Gasteiger partial charge on any atom is -0.483 e. The molecule has 7 nitrogen and oxygen atoms in total. The van der Waals surface area contributed by atoms with Crippen LogP contribution in [0.15, 0.2) is 36.4 Å². The van der Waals surface area contributed by atoms with Gasteiger partial charge in [-0.3, -0.25) is 4.79 Å². The van der Waals surface area contributed by atoms with Crippen LogP contribution in [0.4, 0.5) is 10.2 Å². The SMILES string of the molecule is Cc1cc(OCC(=O)NCCCc2nn(-c3ccc(F)cc3)c(N)c2C#N)c(C(C)C)cc1Cl. The topological polar surface area (TPSA) is 106 Å². The second-order valence-electron chi connectivity index (χ2n) is 8.24. The van der Waals surface area contributed by atoms with Crippen LogP contribution >= 0.6 is 11.6 Å². The fourth-order valence-corrected chi connectivity index (χ4v) is 3.65. The van der Waals surface area contributed by atoms with Crippen LogP contribution in [0.3, 0.4) is 0 Å². The average Bonchev–Trinajstić information content (AvgIpc) is 3.12. The first-order valence-electron chi connectivity index (χ1n) is 10.9. The zero-order chi connectivity index (χ0) is 24.8. The number of carbonyl (C=O) groups excluding carboxylic acids is 1. The number of nitrogens with two attached hydrogens (primary N) is 1. The van der Waals surface area contributed by atoms with Gasteiger partial charge in [0.05, 0.1) is 11.4 Å². The van der Waals surface area contributed by atoms with Gasteiger partial charge >= 0.3 is 0 Å². The van der Waals surface area contributed by atoms with Crippen molar-refractivity contribution in [1.29, 1.82) is 5.26 Å². The van der Waals surface area contributed by atoms with E-state index in [-0.39, 0.29) is 35.6 Å². The number of benzene rings is 2. The lowest BCUT2D eigenvalue weighted by atomic mass is 10.0. The number of aryl methyl sites for hydroxylation is 2. The highest BCUT2D eigenvalue weighted by Crippen LogP contribution is 2.32. The van der Waals surface area contributed by atoms with Crippen LogP contribution < -0.4 is 15.8 Å². The number of hydrogen-bond acceptors (Lipinski definition) is 5. The number of ether oxygens (including phenoxy) is 1. The number of anilines is 1. The molecular weight excluding hydrogens is 457 g/mol. The molecule has 0 atom stereocenters. The highest BCUT2D eigenvalue weighted by molar-refractivity contribution is 6.31. The number of aromatic nitrogens is 2. The number of nitrogens with one attached hydrogen (secondary N) is 1. The number of hydrogen-bond donors (Lipinski definition) is 2. The van der Waals surface area contributed by atoms with E-state index in [1.165, 1.54) is 28.9 Å². The molecule has 0 aliphatic rings. The van der Waals surface area contributed by atoms with Crippen LogP contribution in [0, 0.1) is 24.1 Å². The van der Waals surface area contributed by atoms with Gasteiger partial charge in [0.1, 0.15) is 29.0 Å². The van der Waals surface area contributed by atoms with E-state index in [1.54, 1.807) is 0 Å². The molecule has 0 bridgehead atoms. The Morgan fingerprint density at radius 1 is 1.32 bits per heavy atom. The van der Waals surface area contributed by atoms with Crippen molar-refractivity contribution in [3.63, 3.8) is 0 Å². The first-order chi connectivity index (χ1) is 16.2. The summed E-state index contributed by atoms with van der Waals surface area (Å²) in [6, 6.07) is 11.5. The first-order valence-corrected chi connectivity index (χ1v) is 11.3. The van der Waals surface area contributed by atoms with E-state index in [9.17, 15) is 14.4 Å². The minimum absolute atomic E-state index is 0.115. The number of carbonyl (C=O) groups is 1. The Balaban J connectivity index is 1.55. The molecule has 2 aromatic carbocycles. The first kappa shape index (κ1) is 25.1. The molecule has 3 N–H and O–H groups in total. The molecule has 0 saturated heterocycles. The maximum atomic E-state index is 13.2. The minimum atomic E-state index is -0.374. The molecular formula is C25H27ClFN5O2. The molecule has 0 spiro atoms. The summed E-state index contributed by atoms with van der Waals surface area (Å²) in [7, 11) is 0. The Morgan fingerprint density at radius 2 is 2.03 bits per heavy atom. The maximum absolute atomic E-state index is 13.2. The summed E-state index contributed by atoms with van der Waals surface area (Å²) in [5.74, 6) is 0.418. The quantitative estimate of drug-likeness (QED) is 0.430. The van der Waals surface area contributed by atoms with E-state index in [0.29, 0.717) is 41.5 Å². The summed E-state index contributed by atoms with van der Waals surface area (Å²) in [5, 5.41) is 17.4. The largest absolute Gasteiger partial charge is 0.483 e. The van der Waals surface area contributed by atoms with Gasteiger partial charge in [0.25, 0.3) is 5.91 Å². The monoisotopic (exact) mass is 483 g/mol. The summed E-state index contributed by atoms with van der Waals surface area (Å²) < 4.78 is 20.4. The molecule has 0 radical (unpaired) electrons. The van der Waals surface area contributed by atoms with Crippen molar-refractivity contribution in [1.82, 2.24) is 15.1 Å². The Hall–Kier alpha value is -3.57. The molecule has 3 rings (SSSR count). The molecule has 0 fully saturated rings. The number of rotatable bonds is 9. The van der Waals surface area contributed by atoms with Crippen LogP contribution in [0.5, 0.6) is 5.75 Å². The Morgan fingerprint density at radius 3 is 2.68 bits per heavy atom. The van der Waals surface area contributed by atoms with Crippen molar-refractivity contribution in [3.05, 3.63) is 69.6 Å². The number of halogens is 2. The third-order valence-corrected chi connectivity index (χ3v) is 5.77. The van der Waals surface area contributed by atoms with Crippen molar-refractivity contribution >= 4 is 23.3 Å². The standard InChI is InChI=1S/C25H27ClFN5O2/c1-15(2)19-12-21(26)16(3)11-23(19)34-14-24(33)30-10-4-5-22-20(13-28)25(29)32(31-22)18-8-6-17(27)7-9-18/h6-9,11-12,15H,4-5,10,14,29H2,1-3H3,(H,30,33). The normalized spacial score (nSPS) is 10.9. The summed E-state index contributed by atoms with van der Waals surface area (Å²) >= 11 is 6.22. The average molecular weight is 484 g/mol. The van der Waals surface area contributed by atoms with Gasteiger partial charge in [-0.25, -0.2) is 9.07 Å². The van der Waals surface area contributed by atoms with Crippen molar-refractivity contribution < 1.29 is 13.9 Å². The van der Waals surface area contributed by atoms with Gasteiger partial charge in [-0.2, -0.15) is 10.4 Å². The number of nitrogens with zero attached hydrogens (tertiary/aromatic N) is 3. The van der Waals surface area contributed by atoms with Crippen molar-refractivity contribution in [3.8, 4) is 17.5 Å². The third kappa shape index (κ3) is 5.86. The van der Waals surface area contributed by atoms with Crippen molar-refractivity contribution in [2.45, 2.75) is 39.5 Å². The zero-order valence-electron chi connectivity index (χ0n) is 19.4. The molecule has 1 aromatic heterocycles. The number of amides is 1. The molecule has 0 aliphatic carbocycles. The maximum Gasteiger partial charge on any atom is 0.257 e. The molecule has 1 heterocycles. The second kappa shape index (κ2) is 11.0. The highest BCUT2D eigenvalue weighted by atomic mass is 35.5. The van der Waals surface area contributed by atoms with Gasteiger partial charge < -0.3 is 15.8 Å². The van der Waals surface area contributed by atoms with Crippen LogP contribution in [-0.2, 0) is 11.2 Å². The molecule has 0 aliphatic heterocycles. The molecule has 0 unspecified atom stereocenters. The van der Waals surface area contributed by atoms with Gasteiger partial charge in [0.15, 0.2) is 6.61 Å². The van der Waals surface area contributed by atoms with E-state index in [1.807, 2.05) is 32.9 Å². The van der Waals surface area contributed by atoms with Crippen LogP contribution in [0.25, 0.3) is 5.69 Å².